The van der Waals surface area contributed by atoms with Gasteiger partial charge in [-0.25, -0.2) is 9.97 Å². The van der Waals surface area contributed by atoms with Crippen LogP contribution in [-0.2, 0) is 12.8 Å². The Labute approximate surface area is 112 Å². The molecule has 1 heterocycles. The molecular weight excluding hydrogens is 238 g/mol. The van der Waals surface area contributed by atoms with Crippen LogP contribution in [0.1, 0.15) is 16.7 Å². The van der Waals surface area contributed by atoms with Gasteiger partial charge in [0.05, 0.1) is 12.7 Å². The van der Waals surface area contributed by atoms with E-state index in [1.54, 1.807) is 7.11 Å². The number of anilines is 1. The van der Waals surface area contributed by atoms with Crippen LogP contribution in [0.3, 0.4) is 0 Å². The van der Waals surface area contributed by atoms with Gasteiger partial charge in [0.2, 0.25) is 5.88 Å². The zero-order valence-corrected chi connectivity index (χ0v) is 11.2. The molecule has 0 amide bonds. The Morgan fingerprint density at radius 2 is 1.84 bits per heavy atom. The molecule has 1 aromatic carbocycles. The van der Waals surface area contributed by atoms with Gasteiger partial charge in [0.1, 0.15) is 12.1 Å². The molecule has 1 aliphatic rings. The summed E-state index contributed by atoms with van der Waals surface area (Å²) >= 11 is 0. The summed E-state index contributed by atoms with van der Waals surface area (Å²) in [5.41, 5.74) is 3.82. The summed E-state index contributed by atoms with van der Waals surface area (Å²) in [6.07, 6.45) is 3.63. The standard InChI is InChI=1S/C15H17N3O/c1-10-14(16-9-17-15(10)19-2)18-13-7-11-5-3-4-6-12(11)8-13/h3-6,9,13H,7-8H2,1-2H3,(H,16,17,18). The van der Waals surface area contributed by atoms with Crippen molar-refractivity contribution in [2.75, 3.05) is 12.4 Å². The number of hydrogen-bond acceptors (Lipinski definition) is 4. The number of nitrogens with one attached hydrogen (secondary N) is 1. The summed E-state index contributed by atoms with van der Waals surface area (Å²) in [5.74, 6) is 1.50. The van der Waals surface area contributed by atoms with Crippen molar-refractivity contribution in [3.63, 3.8) is 0 Å². The number of nitrogens with zero attached hydrogens (tertiary/aromatic N) is 2. The molecule has 4 heteroatoms. The van der Waals surface area contributed by atoms with Crippen LogP contribution in [0.25, 0.3) is 0 Å². The van der Waals surface area contributed by atoms with Crippen LogP contribution in [-0.4, -0.2) is 23.1 Å². The van der Waals surface area contributed by atoms with Crippen LogP contribution in [0, 0.1) is 6.92 Å². The minimum absolute atomic E-state index is 0.399. The van der Waals surface area contributed by atoms with Crippen LogP contribution in [0.5, 0.6) is 5.88 Å². The van der Waals surface area contributed by atoms with E-state index in [1.165, 1.54) is 17.5 Å². The second-order valence-electron chi connectivity index (χ2n) is 4.87. The number of ether oxygens (including phenoxy) is 1. The van der Waals surface area contributed by atoms with Gasteiger partial charge in [0.25, 0.3) is 0 Å². The Morgan fingerprint density at radius 3 is 2.47 bits per heavy atom. The molecule has 98 valence electrons. The SMILES string of the molecule is COc1ncnc(NC2Cc3ccccc3C2)c1C. The normalized spacial score (nSPS) is 14.2. The van der Waals surface area contributed by atoms with Gasteiger partial charge in [-0.1, -0.05) is 24.3 Å². The summed E-state index contributed by atoms with van der Waals surface area (Å²) in [4.78, 5) is 8.41. The predicted octanol–water partition coefficient (Wildman–Crippen LogP) is 2.37. The lowest BCUT2D eigenvalue weighted by molar-refractivity contribution is 0.393. The van der Waals surface area contributed by atoms with Crippen LogP contribution in [0.2, 0.25) is 0 Å². The molecular formula is C15H17N3O. The zero-order chi connectivity index (χ0) is 13.2. The topological polar surface area (TPSA) is 47.0 Å². The molecule has 0 bridgehead atoms. The Morgan fingerprint density at radius 1 is 1.16 bits per heavy atom. The van der Waals surface area contributed by atoms with Crippen molar-refractivity contribution in [1.29, 1.82) is 0 Å². The Hall–Kier alpha value is -2.10. The van der Waals surface area contributed by atoms with E-state index < -0.39 is 0 Å². The second kappa shape index (κ2) is 4.88. The first-order valence-electron chi connectivity index (χ1n) is 6.47. The zero-order valence-electron chi connectivity index (χ0n) is 11.2. The molecule has 0 fully saturated rings. The first-order chi connectivity index (χ1) is 9.28. The van der Waals surface area contributed by atoms with Crippen molar-refractivity contribution in [2.24, 2.45) is 0 Å². The van der Waals surface area contributed by atoms with E-state index >= 15 is 0 Å². The molecule has 0 atom stereocenters. The summed E-state index contributed by atoms with van der Waals surface area (Å²) in [7, 11) is 1.63. The summed E-state index contributed by atoms with van der Waals surface area (Å²) in [6.45, 7) is 1.98. The number of rotatable bonds is 3. The van der Waals surface area contributed by atoms with Gasteiger partial charge in [0, 0.05) is 6.04 Å². The number of methoxy groups -OCH3 is 1. The molecule has 0 aliphatic heterocycles. The molecule has 1 aliphatic carbocycles. The molecule has 2 aromatic rings. The van der Waals surface area contributed by atoms with Gasteiger partial charge < -0.3 is 10.1 Å². The molecule has 19 heavy (non-hydrogen) atoms. The maximum atomic E-state index is 5.22. The van der Waals surface area contributed by atoms with E-state index in [-0.39, 0.29) is 0 Å². The fourth-order valence-corrected chi connectivity index (χ4v) is 2.64. The molecule has 4 nitrogen and oxygen atoms in total. The molecule has 3 rings (SSSR count). The summed E-state index contributed by atoms with van der Waals surface area (Å²) in [5, 5.41) is 3.50. The first-order valence-corrected chi connectivity index (χ1v) is 6.47. The first kappa shape index (κ1) is 12.0. The average molecular weight is 255 g/mol. The fourth-order valence-electron chi connectivity index (χ4n) is 2.64. The van der Waals surface area contributed by atoms with E-state index in [4.69, 9.17) is 4.74 Å². The van der Waals surface area contributed by atoms with E-state index in [2.05, 4.69) is 39.6 Å². The fraction of sp³-hybridized carbons (Fsp3) is 0.333. The van der Waals surface area contributed by atoms with Gasteiger partial charge in [-0.3, -0.25) is 0 Å². The number of benzene rings is 1. The van der Waals surface area contributed by atoms with Gasteiger partial charge in [-0.15, -0.1) is 0 Å². The highest BCUT2D eigenvalue weighted by molar-refractivity contribution is 5.50. The lowest BCUT2D eigenvalue weighted by Crippen LogP contribution is -2.21. The van der Waals surface area contributed by atoms with E-state index in [0.717, 1.165) is 24.2 Å². The van der Waals surface area contributed by atoms with Crippen molar-refractivity contribution >= 4 is 5.82 Å². The van der Waals surface area contributed by atoms with Crippen molar-refractivity contribution in [3.05, 3.63) is 47.3 Å². The Bertz CT molecular complexity index is 573. The van der Waals surface area contributed by atoms with Crippen molar-refractivity contribution in [3.8, 4) is 5.88 Å². The summed E-state index contributed by atoms with van der Waals surface area (Å²) in [6, 6.07) is 8.99. The largest absolute Gasteiger partial charge is 0.481 e. The lowest BCUT2D eigenvalue weighted by Gasteiger charge is -2.15. The molecule has 0 radical (unpaired) electrons. The Balaban J connectivity index is 1.78. The third-order valence-electron chi connectivity index (χ3n) is 3.62. The average Bonchev–Trinajstić information content (AvgIpc) is 2.83. The van der Waals surface area contributed by atoms with Gasteiger partial charge >= 0.3 is 0 Å². The molecule has 0 saturated carbocycles. The maximum Gasteiger partial charge on any atom is 0.221 e. The van der Waals surface area contributed by atoms with Gasteiger partial charge in [0.15, 0.2) is 0 Å². The third kappa shape index (κ3) is 2.26. The highest BCUT2D eigenvalue weighted by Gasteiger charge is 2.22. The van der Waals surface area contributed by atoms with E-state index in [0.29, 0.717) is 11.9 Å². The molecule has 0 saturated heterocycles. The number of fused-ring (bicyclic) bond motifs is 1. The van der Waals surface area contributed by atoms with E-state index in [1.807, 2.05) is 6.92 Å². The van der Waals surface area contributed by atoms with E-state index in [9.17, 15) is 0 Å². The quantitative estimate of drug-likeness (QED) is 0.914. The second-order valence-corrected chi connectivity index (χ2v) is 4.87. The lowest BCUT2D eigenvalue weighted by atomic mass is 10.1. The minimum Gasteiger partial charge on any atom is -0.481 e. The van der Waals surface area contributed by atoms with Gasteiger partial charge in [-0.2, -0.15) is 0 Å². The molecule has 1 N–H and O–H groups in total. The van der Waals surface area contributed by atoms with Crippen LogP contribution in [0.4, 0.5) is 5.82 Å². The smallest absolute Gasteiger partial charge is 0.221 e. The molecule has 0 unspecified atom stereocenters. The number of aromatic nitrogens is 2. The molecule has 1 aromatic heterocycles. The van der Waals surface area contributed by atoms with Crippen LogP contribution < -0.4 is 10.1 Å². The number of hydrogen-bond donors (Lipinski definition) is 1. The van der Waals surface area contributed by atoms with Crippen molar-refractivity contribution < 1.29 is 4.74 Å². The predicted molar refractivity (Wildman–Crippen MR) is 74.6 cm³/mol. The minimum atomic E-state index is 0.399. The monoisotopic (exact) mass is 255 g/mol. The maximum absolute atomic E-state index is 5.22. The van der Waals surface area contributed by atoms with Crippen LogP contribution in [0.15, 0.2) is 30.6 Å². The summed E-state index contributed by atoms with van der Waals surface area (Å²) < 4.78 is 5.22. The highest BCUT2D eigenvalue weighted by Crippen LogP contribution is 2.26. The molecule has 0 spiro atoms. The van der Waals surface area contributed by atoms with Crippen LogP contribution >= 0.6 is 0 Å². The van der Waals surface area contributed by atoms with Gasteiger partial charge in [-0.05, 0) is 30.9 Å². The van der Waals surface area contributed by atoms with Crippen molar-refractivity contribution in [2.45, 2.75) is 25.8 Å². The Kier molecular flexibility index (Phi) is 3.07. The van der Waals surface area contributed by atoms with Crippen molar-refractivity contribution in [1.82, 2.24) is 9.97 Å². The highest BCUT2D eigenvalue weighted by atomic mass is 16.5. The third-order valence-corrected chi connectivity index (χ3v) is 3.62.